The quantitative estimate of drug-likeness (QED) is 0.790. The van der Waals surface area contributed by atoms with E-state index < -0.39 is 0 Å². The molecule has 0 atom stereocenters. The molecule has 0 saturated heterocycles. The number of rotatable bonds is 3. The standard InChI is InChI=1S/C6H8IN3OS/c7-4-3-12-6(10-4)2-9-5(11)1-8/h3H,1-2,8H2,(H,9,11). The Morgan fingerprint density at radius 2 is 2.58 bits per heavy atom. The van der Waals surface area contributed by atoms with Gasteiger partial charge in [-0.3, -0.25) is 4.79 Å². The van der Waals surface area contributed by atoms with Gasteiger partial charge in [0.25, 0.3) is 0 Å². The van der Waals surface area contributed by atoms with Crippen LogP contribution in [-0.2, 0) is 11.3 Å². The van der Waals surface area contributed by atoms with Gasteiger partial charge in [0.05, 0.1) is 13.1 Å². The Labute approximate surface area is 87.7 Å². The predicted molar refractivity (Wildman–Crippen MR) is 55.7 cm³/mol. The molecular weight excluding hydrogens is 289 g/mol. The first-order valence-electron chi connectivity index (χ1n) is 3.29. The highest BCUT2D eigenvalue weighted by atomic mass is 127. The van der Waals surface area contributed by atoms with E-state index in [0.29, 0.717) is 6.54 Å². The van der Waals surface area contributed by atoms with E-state index in [0.717, 1.165) is 8.71 Å². The number of nitrogens with two attached hydrogens (primary N) is 1. The summed E-state index contributed by atoms with van der Waals surface area (Å²) in [5.74, 6) is -0.153. The highest BCUT2D eigenvalue weighted by Crippen LogP contribution is 2.10. The van der Waals surface area contributed by atoms with Crippen molar-refractivity contribution >= 4 is 39.8 Å². The molecule has 0 bridgehead atoms. The lowest BCUT2D eigenvalue weighted by molar-refractivity contribution is -0.119. The second-order valence-corrected chi connectivity index (χ2v) is 4.09. The lowest BCUT2D eigenvalue weighted by Crippen LogP contribution is -2.29. The summed E-state index contributed by atoms with van der Waals surface area (Å²) in [6, 6.07) is 0. The SMILES string of the molecule is NCC(=O)NCc1nc(I)cs1. The molecule has 66 valence electrons. The van der Waals surface area contributed by atoms with Crippen molar-refractivity contribution in [3.63, 3.8) is 0 Å². The smallest absolute Gasteiger partial charge is 0.234 e. The fourth-order valence-corrected chi connectivity index (χ4v) is 2.04. The lowest BCUT2D eigenvalue weighted by atomic mass is 10.5. The maximum Gasteiger partial charge on any atom is 0.234 e. The van der Waals surface area contributed by atoms with Gasteiger partial charge in [0.15, 0.2) is 0 Å². The zero-order chi connectivity index (χ0) is 8.97. The van der Waals surface area contributed by atoms with Crippen molar-refractivity contribution < 1.29 is 4.79 Å². The van der Waals surface area contributed by atoms with Gasteiger partial charge in [-0.05, 0) is 22.6 Å². The van der Waals surface area contributed by atoms with Gasteiger partial charge in [0, 0.05) is 5.38 Å². The highest BCUT2D eigenvalue weighted by molar-refractivity contribution is 14.1. The number of carbonyl (C=O) groups is 1. The molecule has 1 heterocycles. The largest absolute Gasteiger partial charge is 0.348 e. The first kappa shape index (κ1) is 9.87. The summed E-state index contributed by atoms with van der Waals surface area (Å²) in [6.07, 6.45) is 0. The van der Waals surface area contributed by atoms with Crippen LogP contribution in [0.1, 0.15) is 5.01 Å². The van der Waals surface area contributed by atoms with E-state index in [1.807, 2.05) is 5.38 Å². The highest BCUT2D eigenvalue weighted by Gasteiger charge is 2.00. The second-order valence-electron chi connectivity index (χ2n) is 2.04. The molecule has 1 aromatic heterocycles. The minimum Gasteiger partial charge on any atom is -0.348 e. The number of amides is 1. The minimum absolute atomic E-state index is 0.0302. The van der Waals surface area contributed by atoms with Crippen molar-refractivity contribution in [1.29, 1.82) is 0 Å². The molecule has 0 aromatic carbocycles. The molecule has 0 radical (unpaired) electrons. The Balaban J connectivity index is 2.38. The summed E-state index contributed by atoms with van der Waals surface area (Å²) in [7, 11) is 0. The Kier molecular flexibility index (Phi) is 3.89. The zero-order valence-electron chi connectivity index (χ0n) is 6.21. The van der Waals surface area contributed by atoms with Crippen LogP contribution in [0.15, 0.2) is 5.38 Å². The van der Waals surface area contributed by atoms with Crippen LogP contribution < -0.4 is 11.1 Å². The van der Waals surface area contributed by atoms with E-state index in [9.17, 15) is 4.79 Å². The van der Waals surface area contributed by atoms with Crippen molar-refractivity contribution in [2.45, 2.75) is 6.54 Å². The van der Waals surface area contributed by atoms with Gasteiger partial charge in [-0.1, -0.05) is 0 Å². The van der Waals surface area contributed by atoms with Crippen LogP contribution in [0.3, 0.4) is 0 Å². The maximum absolute atomic E-state index is 10.7. The molecular formula is C6H8IN3OS. The van der Waals surface area contributed by atoms with E-state index in [2.05, 4.69) is 32.9 Å². The van der Waals surface area contributed by atoms with Gasteiger partial charge in [-0.25, -0.2) is 4.98 Å². The number of nitrogens with zero attached hydrogens (tertiary/aromatic N) is 1. The molecule has 1 aromatic rings. The number of hydrogen-bond acceptors (Lipinski definition) is 4. The number of carbonyl (C=O) groups excluding carboxylic acids is 1. The fraction of sp³-hybridized carbons (Fsp3) is 0.333. The first-order valence-corrected chi connectivity index (χ1v) is 5.25. The molecule has 0 fully saturated rings. The summed E-state index contributed by atoms with van der Waals surface area (Å²) in [6.45, 7) is 0.506. The van der Waals surface area contributed by atoms with Gasteiger partial charge in [-0.2, -0.15) is 0 Å². The van der Waals surface area contributed by atoms with Gasteiger partial charge >= 0.3 is 0 Å². The number of halogens is 1. The number of aromatic nitrogens is 1. The molecule has 0 spiro atoms. The summed E-state index contributed by atoms with van der Waals surface area (Å²) in [5.41, 5.74) is 5.11. The molecule has 1 rings (SSSR count). The summed E-state index contributed by atoms with van der Waals surface area (Å²) < 4.78 is 0.953. The molecule has 6 heteroatoms. The van der Waals surface area contributed by atoms with E-state index in [1.165, 1.54) is 11.3 Å². The Bertz CT molecular complexity index is 276. The van der Waals surface area contributed by atoms with Crippen LogP contribution in [0.2, 0.25) is 0 Å². The third-order valence-corrected chi connectivity index (χ3v) is 2.97. The van der Waals surface area contributed by atoms with Crippen LogP contribution in [0, 0.1) is 3.70 Å². The van der Waals surface area contributed by atoms with E-state index in [1.54, 1.807) is 0 Å². The van der Waals surface area contributed by atoms with E-state index >= 15 is 0 Å². The molecule has 0 aliphatic carbocycles. The van der Waals surface area contributed by atoms with Crippen molar-refractivity contribution in [2.24, 2.45) is 5.73 Å². The summed E-state index contributed by atoms with van der Waals surface area (Å²) >= 11 is 3.66. The van der Waals surface area contributed by atoms with Crippen molar-refractivity contribution in [2.75, 3.05) is 6.54 Å². The molecule has 4 nitrogen and oxygen atoms in total. The van der Waals surface area contributed by atoms with E-state index in [-0.39, 0.29) is 12.5 Å². The fourth-order valence-electron chi connectivity index (χ4n) is 0.616. The van der Waals surface area contributed by atoms with Crippen LogP contribution >= 0.6 is 33.9 Å². The van der Waals surface area contributed by atoms with Gasteiger partial charge < -0.3 is 11.1 Å². The van der Waals surface area contributed by atoms with Crippen LogP contribution in [-0.4, -0.2) is 17.4 Å². The predicted octanol–water partition coefficient (Wildman–Crippen LogP) is 0.323. The molecule has 0 saturated carbocycles. The summed E-state index contributed by atoms with van der Waals surface area (Å²) in [4.78, 5) is 14.9. The van der Waals surface area contributed by atoms with E-state index in [4.69, 9.17) is 5.73 Å². The second kappa shape index (κ2) is 4.73. The summed E-state index contributed by atoms with van der Waals surface area (Å²) in [5, 5.41) is 5.48. The Morgan fingerprint density at radius 1 is 1.83 bits per heavy atom. The Morgan fingerprint density at radius 3 is 3.08 bits per heavy atom. The van der Waals surface area contributed by atoms with Crippen molar-refractivity contribution in [1.82, 2.24) is 10.3 Å². The van der Waals surface area contributed by atoms with Crippen LogP contribution in [0.4, 0.5) is 0 Å². The topological polar surface area (TPSA) is 68.0 Å². The number of thiazole rings is 1. The van der Waals surface area contributed by atoms with Crippen molar-refractivity contribution in [3.8, 4) is 0 Å². The molecule has 0 aliphatic rings. The Hall–Kier alpha value is -0.210. The third-order valence-electron chi connectivity index (χ3n) is 1.15. The molecule has 12 heavy (non-hydrogen) atoms. The third kappa shape index (κ3) is 3.03. The number of nitrogens with one attached hydrogen (secondary N) is 1. The average Bonchev–Trinajstić information content (AvgIpc) is 2.47. The average molecular weight is 297 g/mol. The number of hydrogen-bond donors (Lipinski definition) is 2. The maximum atomic E-state index is 10.7. The molecule has 1 amide bonds. The van der Waals surface area contributed by atoms with Gasteiger partial charge in [0.1, 0.15) is 8.71 Å². The monoisotopic (exact) mass is 297 g/mol. The molecule has 0 aliphatic heterocycles. The minimum atomic E-state index is -0.153. The molecule has 0 unspecified atom stereocenters. The molecule has 3 N–H and O–H groups in total. The van der Waals surface area contributed by atoms with Crippen LogP contribution in [0.25, 0.3) is 0 Å². The van der Waals surface area contributed by atoms with Gasteiger partial charge in [-0.15, -0.1) is 11.3 Å². The van der Waals surface area contributed by atoms with Crippen LogP contribution in [0.5, 0.6) is 0 Å². The first-order chi connectivity index (χ1) is 5.72. The lowest BCUT2D eigenvalue weighted by Gasteiger charge is -1.98. The zero-order valence-corrected chi connectivity index (χ0v) is 9.18. The van der Waals surface area contributed by atoms with Gasteiger partial charge in [0.2, 0.25) is 5.91 Å². The van der Waals surface area contributed by atoms with Crippen molar-refractivity contribution in [3.05, 3.63) is 14.1 Å². The normalized spacial score (nSPS) is 9.83.